The van der Waals surface area contributed by atoms with Gasteiger partial charge in [0.15, 0.2) is 11.0 Å². The molecule has 166 valence electrons. The van der Waals surface area contributed by atoms with Crippen LogP contribution in [0.1, 0.15) is 5.56 Å². The summed E-state index contributed by atoms with van der Waals surface area (Å²) in [4.78, 5) is 12.5. The molecule has 1 amide bonds. The average molecular weight is 470 g/mol. The van der Waals surface area contributed by atoms with Crippen molar-refractivity contribution in [3.8, 4) is 17.1 Å². The molecule has 0 radical (unpaired) electrons. The molecule has 0 fully saturated rings. The van der Waals surface area contributed by atoms with E-state index in [4.69, 9.17) is 10.5 Å². The van der Waals surface area contributed by atoms with Crippen LogP contribution in [0.25, 0.3) is 11.4 Å². The number of nitrogens with zero attached hydrogens (tertiary/aromatic N) is 5. The van der Waals surface area contributed by atoms with Crippen molar-refractivity contribution in [2.24, 2.45) is 10.8 Å². The Morgan fingerprint density at radius 2 is 1.94 bits per heavy atom. The van der Waals surface area contributed by atoms with Crippen LogP contribution in [0.5, 0.6) is 5.75 Å². The van der Waals surface area contributed by atoms with Gasteiger partial charge in [0.1, 0.15) is 16.7 Å². The molecule has 2 aromatic carbocycles. The molecule has 1 aliphatic rings. The Kier molecular flexibility index (Phi) is 7.30. The minimum absolute atomic E-state index is 0.168. The van der Waals surface area contributed by atoms with Crippen LogP contribution in [0, 0.1) is 0 Å². The number of nitrogens with one attached hydrogen (secondary N) is 1. The van der Waals surface area contributed by atoms with Crippen LogP contribution in [-0.2, 0) is 11.3 Å². The summed E-state index contributed by atoms with van der Waals surface area (Å²) >= 11 is 2.88. The third kappa shape index (κ3) is 5.23. The number of amides is 1. The molecule has 0 aliphatic carbocycles. The molecule has 0 unspecified atom stereocenters. The SMILES string of the molecule is COc1ccc(C2=NN(NC(=O)CSc3nnc(-c4ccccc4)n3CCN)CS2)cc1. The fourth-order valence-corrected chi connectivity index (χ4v) is 4.64. The number of hydrogen-bond acceptors (Lipinski definition) is 9. The zero-order valence-corrected chi connectivity index (χ0v) is 19.1. The smallest absolute Gasteiger partial charge is 0.250 e. The average Bonchev–Trinajstić information content (AvgIpc) is 3.46. The highest BCUT2D eigenvalue weighted by Crippen LogP contribution is 2.25. The fourth-order valence-electron chi connectivity index (χ4n) is 3.05. The van der Waals surface area contributed by atoms with Gasteiger partial charge in [-0.15, -0.1) is 15.3 Å². The maximum atomic E-state index is 12.5. The molecule has 0 bridgehead atoms. The van der Waals surface area contributed by atoms with Gasteiger partial charge in [0.2, 0.25) is 5.91 Å². The number of benzene rings is 2. The van der Waals surface area contributed by atoms with Crippen molar-refractivity contribution in [2.75, 3.05) is 25.3 Å². The van der Waals surface area contributed by atoms with Gasteiger partial charge in [-0.05, 0) is 24.3 Å². The Bertz CT molecular complexity index is 1090. The highest BCUT2D eigenvalue weighted by molar-refractivity contribution is 8.14. The van der Waals surface area contributed by atoms with Gasteiger partial charge in [0.05, 0.1) is 12.9 Å². The van der Waals surface area contributed by atoms with Crippen LogP contribution in [0.2, 0.25) is 0 Å². The van der Waals surface area contributed by atoms with Gasteiger partial charge in [-0.1, -0.05) is 53.9 Å². The van der Waals surface area contributed by atoms with Crippen molar-refractivity contribution in [1.82, 2.24) is 25.3 Å². The molecule has 9 nitrogen and oxygen atoms in total. The van der Waals surface area contributed by atoms with E-state index in [9.17, 15) is 4.79 Å². The van der Waals surface area contributed by atoms with Crippen LogP contribution in [-0.4, -0.2) is 56.1 Å². The maximum Gasteiger partial charge on any atom is 0.250 e. The molecule has 0 saturated heterocycles. The lowest BCUT2D eigenvalue weighted by atomic mass is 10.2. The number of aromatic nitrogens is 3. The number of thioether (sulfide) groups is 2. The third-order valence-corrected chi connectivity index (χ3v) is 6.49. The molecule has 0 saturated carbocycles. The lowest BCUT2D eigenvalue weighted by Crippen LogP contribution is -2.37. The second-order valence-corrected chi connectivity index (χ2v) is 8.62. The van der Waals surface area contributed by atoms with E-state index < -0.39 is 0 Å². The summed E-state index contributed by atoms with van der Waals surface area (Å²) in [6, 6.07) is 17.5. The molecule has 1 aliphatic heterocycles. The molecule has 11 heteroatoms. The monoisotopic (exact) mass is 469 g/mol. The Labute approximate surface area is 194 Å². The Hall–Kier alpha value is -3.02. The molecular formula is C21H23N7O2S2. The van der Waals surface area contributed by atoms with E-state index in [1.807, 2.05) is 59.2 Å². The molecule has 3 N–H and O–H groups in total. The van der Waals surface area contributed by atoms with E-state index in [0.29, 0.717) is 24.1 Å². The van der Waals surface area contributed by atoms with Gasteiger partial charge in [0.25, 0.3) is 0 Å². The van der Waals surface area contributed by atoms with Crippen LogP contribution in [0.15, 0.2) is 64.9 Å². The summed E-state index contributed by atoms with van der Waals surface area (Å²) in [5.41, 5.74) is 10.5. The predicted octanol–water partition coefficient (Wildman–Crippen LogP) is 2.40. The second kappa shape index (κ2) is 10.5. The van der Waals surface area contributed by atoms with Crippen LogP contribution < -0.4 is 15.9 Å². The van der Waals surface area contributed by atoms with Crippen molar-refractivity contribution in [1.29, 1.82) is 0 Å². The minimum atomic E-state index is -0.168. The molecular weight excluding hydrogens is 446 g/mol. The van der Waals surface area contributed by atoms with Crippen molar-refractivity contribution in [2.45, 2.75) is 11.7 Å². The number of ether oxygens (including phenoxy) is 1. The predicted molar refractivity (Wildman–Crippen MR) is 127 cm³/mol. The molecule has 32 heavy (non-hydrogen) atoms. The number of hydrazone groups is 1. The Morgan fingerprint density at radius 1 is 1.16 bits per heavy atom. The summed E-state index contributed by atoms with van der Waals surface area (Å²) in [7, 11) is 1.63. The molecule has 2 heterocycles. The van der Waals surface area contributed by atoms with Gasteiger partial charge < -0.3 is 15.0 Å². The molecule has 0 atom stereocenters. The summed E-state index contributed by atoms with van der Waals surface area (Å²) in [6.07, 6.45) is 0. The lowest BCUT2D eigenvalue weighted by molar-refractivity contribution is -0.122. The van der Waals surface area contributed by atoms with Crippen LogP contribution in [0.3, 0.4) is 0 Å². The minimum Gasteiger partial charge on any atom is -0.497 e. The van der Waals surface area contributed by atoms with Gasteiger partial charge >= 0.3 is 0 Å². The highest BCUT2D eigenvalue weighted by atomic mass is 32.2. The van der Waals surface area contributed by atoms with E-state index in [1.54, 1.807) is 24.0 Å². The molecule has 3 aromatic rings. The lowest BCUT2D eigenvalue weighted by Gasteiger charge is -2.14. The summed E-state index contributed by atoms with van der Waals surface area (Å²) in [6.45, 7) is 1.02. The topological polar surface area (TPSA) is 111 Å². The fraction of sp³-hybridized carbons (Fsp3) is 0.238. The highest BCUT2D eigenvalue weighted by Gasteiger charge is 2.20. The van der Waals surface area contributed by atoms with Gasteiger partial charge in [-0.25, -0.2) is 5.43 Å². The van der Waals surface area contributed by atoms with Crippen LogP contribution in [0.4, 0.5) is 0 Å². The zero-order valence-electron chi connectivity index (χ0n) is 17.5. The number of hydrazine groups is 1. The van der Waals surface area contributed by atoms with Crippen molar-refractivity contribution in [3.05, 3.63) is 60.2 Å². The number of methoxy groups -OCH3 is 1. The second-order valence-electron chi connectivity index (χ2n) is 6.74. The first-order valence-corrected chi connectivity index (χ1v) is 11.9. The molecule has 4 rings (SSSR count). The van der Waals surface area contributed by atoms with Crippen molar-refractivity contribution < 1.29 is 9.53 Å². The van der Waals surface area contributed by atoms with Crippen molar-refractivity contribution >= 4 is 34.5 Å². The van der Waals surface area contributed by atoms with E-state index in [0.717, 1.165) is 27.7 Å². The maximum absolute atomic E-state index is 12.5. The number of nitrogens with two attached hydrogens (primary N) is 1. The van der Waals surface area contributed by atoms with Gasteiger partial charge in [0, 0.05) is 24.2 Å². The zero-order chi connectivity index (χ0) is 22.3. The van der Waals surface area contributed by atoms with E-state index in [-0.39, 0.29) is 11.7 Å². The summed E-state index contributed by atoms with van der Waals surface area (Å²) in [5, 5.41) is 16.1. The van der Waals surface area contributed by atoms with E-state index in [2.05, 4.69) is 20.7 Å². The van der Waals surface area contributed by atoms with Gasteiger partial charge in [-0.3, -0.25) is 4.79 Å². The Balaban J connectivity index is 1.36. The van der Waals surface area contributed by atoms with E-state index >= 15 is 0 Å². The van der Waals surface area contributed by atoms with E-state index in [1.165, 1.54) is 11.8 Å². The quantitative estimate of drug-likeness (QED) is 0.460. The number of hydrogen-bond donors (Lipinski definition) is 2. The summed E-state index contributed by atoms with van der Waals surface area (Å²) in [5.74, 6) is 2.09. The molecule has 1 aromatic heterocycles. The normalized spacial score (nSPS) is 13.2. The summed E-state index contributed by atoms with van der Waals surface area (Å²) < 4.78 is 7.13. The standard InChI is InChI=1S/C21H23N7O2S2/c1-30-17-9-7-16(8-10-17)20-26-28(14-32-20)25-18(29)13-31-21-24-23-19(27(21)12-11-22)15-5-3-2-4-6-15/h2-10H,11-14,22H2,1H3,(H,25,29). The number of carbonyl (C=O) groups is 1. The van der Waals surface area contributed by atoms with Gasteiger partial charge in [-0.2, -0.15) is 5.12 Å². The first-order chi connectivity index (χ1) is 15.7. The third-order valence-electron chi connectivity index (χ3n) is 4.56. The first kappa shape index (κ1) is 22.2. The van der Waals surface area contributed by atoms with Crippen LogP contribution >= 0.6 is 23.5 Å². The number of rotatable bonds is 9. The number of carbonyl (C=O) groups excluding carboxylic acids is 1. The molecule has 0 spiro atoms. The first-order valence-electron chi connectivity index (χ1n) is 9.92. The van der Waals surface area contributed by atoms with Crippen molar-refractivity contribution in [3.63, 3.8) is 0 Å². The Morgan fingerprint density at radius 3 is 2.66 bits per heavy atom. The largest absolute Gasteiger partial charge is 0.497 e.